The van der Waals surface area contributed by atoms with E-state index >= 15 is 8.78 Å². The quantitative estimate of drug-likeness (QED) is 0.118. The van der Waals surface area contributed by atoms with E-state index in [1.807, 2.05) is 120 Å². The Bertz CT molecular complexity index is 3160. The Labute approximate surface area is 374 Å². The molecule has 0 bridgehead atoms. The van der Waals surface area contributed by atoms with Crippen molar-refractivity contribution in [3.8, 4) is 39.5 Å². The van der Waals surface area contributed by atoms with Gasteiger partial charge in [-0.2, -0.15) is 0 Å². The monoisotopic (exact) mass is 1010 g/mol. The van der Waals surface area contributed by atoms with Gasteiger partial charge in [0, 0.05) is 54.2 Å². The van der Waals surface area contributed by atoms with Gasteiger partial charge in [-0.25, -0.2) is 9.37 Å². The first-order valence-corrected chi connectivity index (χ1v) is 23.7. The normalized spacial score (nSPS) is 11.7. The molecule has 1 radical (unpaired) electrons. The summed E-state index contributed by atoms with van der Waals surface area (Å²) in [6.45, 7) is 11.2. The van der Waals surface area contributed by atoms with Gasteiger partial charge < -0.3 is 14.0 Å². The van der Waals surface area contributed by atoms with Crippen LogP contribution in [0.25, 0.3) is 72.6 Å². The number of pyridine rings is 2. The van der Waals surface area contributed by atoms with E-state index in [1.54, 1.807) is 12.1 Å². The molecule has 0 spiro atoms. The fraction of sp³-hybridized carbons (Fsp3) is 0.113. The molecule has 9 heteroatoms. The molecule has 0 atom stereocenters. The number of hydrogen-bond acceptors (Lipinski definition) is 4. The smallest absolute Gasteiger partial charge is 0.216 e. The second-order valence-corrected chi connectivity index (χ2v) is 21.7. The number of aromatic nitrogens is 4. The van der Waals surface area contributed by atoms with Gasteiger partial charge in [0.25, 0.3) is 0 Å². The van der Waals surface area contributed by atoms with Crippen LogP contribution in [-0.2, 0) is 25.5 Å². The zero-order valence-corrected chi connectivity index (χ0v) is 38.3. The SMILES string of the molecule is CC(C)(c1ccccc1)c1ccc2c(n1)oc1c(-c3nc4ccccc4n3-c3ccc(F)c(-c4ccccc4)c3)[c-]cc(F)c12.C[Si](C)(C)c1ccc(-c2[c-]cccc2)nc1.[Ir]. The number of rotatable bonds is 7. The van der Waals surface area contributed by atoms with Gasteiger partial charge in [-0.1, -0.05) is 124 Å². The summed E-state index contributed by atoms with van der Waals surface area (Å²) in [4.78, 5) is 14.4. The molecule has 4 heterocycles. The molecule has 0 unspecified atom stereocenters. The van der Waals surface area contributed by atoms with E-state index in [9.17, 15) is 0 Å². The van der Waals surface area contributed by atoms with Crippen molar-refractivity contribution in [2.45, 2.75) is 38.9 Å². The van der Waals surface area contributed by atoms with Crippen LogP contribution in [0.4, 0.5) is 8.78 Å². The molecule has 0 aliphatic rings. The molecular formula is C53H42F2IrN4OSi-2. The Hall–Kier alpha value is -6.38. The number of furan rings is 1. The summed E-state index contributed by atoms with van der Waals surface area (Å²) in [5.74, 6) is -0.292. The summed E-state index contributed by atoms with van der Waals surface area (Å²) in [6.07, 6.45) is 2.02. The van der Waals surface area contributed by atoms with E-state index < -0.39 is 19.3 Å². The third-order valence-corrected chi connectivity index (χ3v) is 13.2. The van der Waals surface area contributed by atoms with Crippen LogP contribution in [0.1, 0.15) is 25.1 Å². The van der Waals surface area contributed by atoms with Gasteiger partial charge in [-0.15, -0.1) is 48.0 Å². The predicted octanol–water partition coefficient (Wildman–Crippen LogP) is 13.1. The maximum absolute atomic E-state index is 15.6. The topological polar surface area (TPSA) is 56.7 Å². The van der Waals surface area contributed by atoms with Crippen molar-refractivity contribution in [2.24, 2.45) is 0 Å². The van der Waals surface area contributed by atoms with Crippen molar-refractivity contribution in [2.75, 3.05) is 0 Å². The van der Waals surface area contributed by atoms with Crippen molar-refractivity contribution in [1.29, 1.82) is 0 Å². The largest absolute Gasteiger partial charge is 0.486 e. The van der Waals surface area contributed by atoms with E-state index in [1.165, 1.54) is 17.3 Å². The summed E-state index contributed by atoms with van der Waals surface area (Å²) in [6, 6.07) is 55.9. The third kappa shape index (κ3) is 8.07. The Morgan fingerprint density at radius 1 is 0.710 bits per heavy atom. The van der Waals surface area contributed by atoms with Gasteiger partial charge in [-0.3, -0.25) is 9.37 Å². The molecular weight excluding hydrogens is 967 g/mol. The molecule has 0 aliphatic carbocycles. The minimum Gasteiger partial charge on any atom is -0.486 e. The standard InChI is InChI=1S/C39H26F2N3O.C14H16NSi.Ir/c1-39(2,25-13-7-4-8-14-25)34-22-19-27-35-31(41)21-18-28(36(35)45-38(27)43-34)37-42-32-15-9-10-16-33(32)44(37)26-17-20-30(40)29(23-26)24-11-5-3-6-12-24;1-16(2,3)13-9-10-14(15-11-13)12-7-5-4-6-8-12;/h3-17,19-23H,1-2H3;4-7,9-11H,1-3H3;/q2*-1;. The first-order valence-electron chi connectivity index (χ1n) is 20.2. The van der Waals surface area contributed by atoms with Gasteiger partial charge >= 0.3 is 0 Å². The van der Waals surface area contributed by atoms with E-state index in [0.717, 1.165) is 39.1 Å². The number of benzene rings is 6. The molecule has 0 N–H and O–H groups in total. The van der Waals surface area contributed by atoms with Crippen LogP contribution in [-0.4, -0.2) is 27.6 Å². The van der Waals surface area contributed by atoms with Gasteiger partial charge in [0.2, 0.25) is 5.71 Å². The molecule has 0 aliphatic heterocycles. The summed E-state index contributed by atoms with van der Waals surface area (Å²) < 4.78 is 39.0. The van der Waals surface area contributed by atoms with Crippen LogP contribution >= 0.6 is 0 Å². The summed E-state index contributed by atoms with van der Waals surface area (Å²) in [5.41, 5.74) is 8.14. The molecule has 6 aromatic carbocycles. The fourth-order valence-electron chi connectivity index (χ4n) is 7.68. The van der Waals surface area contributed by atoms with Gasteiger partial charge in [0.15, 0.2) is 0 Å². The zero-order chi connectivity index (χ0) is 42.3. The molecule has 0 amide bonds. The molecule has 309 valence electrons. The Balaban J connectivity index is 0.000000263. The van der Waals surface area contributed by atoms with Crippen LogP contribution in [0.2, 0.25) is 19.6 Å². The molecule has 0 fully saturated rings. The van der Waals surface area contributed by atoms with E-state index in [2.05, 4.69) is 74.9 Å². The van der Waals surface area contributed by atoms with Crippen LogP contribution in [0.5, 0.6) is 0 Å². The summed E-state index contributed by atoms with van der Waals surface area (Å²) >= 11 is 0. The molecule has 0 saturated carbocycles. The molecule has 5 nitrogen and oxygen atoms in total. The average molecular weight is 1010 g/mol. The minimum atomic E-state index is -1.23. The molecule has 10 aromatic rings. The number of fused-ring (bicyclic) bond motifs is 4. The first-order chi connectivity index (χ1) is 29.5. The summed E-state index contributed by atoms with van der Waals surface area (Å²) in [7, 11) is -1.23. The number of halogens is 2. The fourth-order valence-corrected chi connectivity index (χ4v) is 8.71. The number of nitrogens with zero attached hydrogens (tertiary/aromatic N) is 4. The predicted molar refractivity (Wildman–Crippen MR) is 246 cm³/mol. The number of para-hydroxylation sites is 2. The van der Waals surface area contributed by atoms with Crippen molar-refractivity contribution in [3.63, 3.8) is 0 Å². The van der Waals surface area contributed by atoms with Crippen molar-refractivity contribution >= 4 is 46.4 Å². The molecule has 10 rings (SSSR count). The van der Waals surface area contributed by atoms with Crippen molar-refractivity contribution < 1.29 is 33.3 Å². The van der Waals surface area contributed by atoms with Gasteiger partial charge in [-0.05, 0) is 69.9 Å². The maximum atomic E-state index is 15.6. The Morgan fingerprint density at radius 2 is 1.44 bits per heavy atom. The molecule has 62 heavy (non-hydrogen) atoms. The average Bonchev–Trinajstić information content (AvgIpc) is 3.87. The van der Waals surface area contributed by atoms with Crippen molar-refractivity contribution in [1.82, 2.24) is 19.5 Å². The van der Waals surface area contributed by atoms with Crippen LogP contribution in [0.3, 0.4) is 0 Å². The Kier molecular flexibility index (Phi) is 11.7. The van der Waals surface area contributed by atoms with Crippen LogP contribution < -0.4 is 5.19 Å². The molecule has 4 aromatic heterocycles. The number of imidazole rings is 1. The maximum Gasteiger partial charge on any atom is 0.216 e. The van der Waals surface area contributed by atoms with E-state index in [4.69, 9.17) is 14.4 Å². The second-order valence-electron chi connectivity index (χ2n) is 16.6. The zero-order valence-electron chi connectivity index (χ0n) is 34.9. The van der Waals surface area contributed by atoms with E-state index in [0.29, 0.717) is 44.7 Å². The second kappa shape index (κ2) is 17.2. The number of hydrogen-bond donors (Lipinski definition) is 0. The Morgan fingerprint density at radius 3 is 2.15 bits per heavy atom. The van der Waals surface area contributed by atoms with Crippen LogP contribution in [0.15, 0.2) is 168 Å². The first kappa shape index (κ1) is 42.3. The van der Waals surface area contributed by atoms with Gasteiger partial charge in [0.1, 0.15) is 5.82 Å². The molecule has 0 saturated heterocycles. The summed E-state index contributed by atoms with van der Waals surface area (Å²) in [5, 5.41) is 2.28. The van der Waals surface area contributed by atoms with Crippen molar-refractivity contribution in [3.05, 3.63) is 199 Å². The van der Waals surface area contributed by atoms with Gasteiger partial charge in [0.05, 0.1) is 36.2 Å². The third-order valence-electron chi connectivity index (χ3n) is 11.2. The van der Waals surface area contributed by atoms with Crippen LogP contribution in [0, 0.1) is 23.8 Å². The van der Waals surface area contributed by atoms with E-state index in [-0.39, 0.29) is 25.9 Å². The minimum absolute atomic E-state index is 0.